The van der Waals surface area contributed by atoms with E-state index in [0.29, 0.717) is 84.3 Å². The highest BCUT2D eigenvalue weighted by molar-refractivity contribution is 7.86. The van der Waals surface area contributed by atoms with Crippen LogP contribution in [0.4, 0.5) is 68.6 Å². The molecular formula is C105H139N13O24S5+4. The van der Waals surface area contributed by atoms with E-state index >= 15 is 0 Å². The second-order valence-corrected chi connectivity index (χ2v) is 48.6. The number of nitrogens with zero attached hydrogens (tertiary/aromatic N) is 7. The number of nitrogens with two attached hydrogens (primary N) is 1. The lowest BCUT2D eigenvalue weighted by Crippen LogP contribution is -2.72. The van der Waals surface area contributed by atoms with E-state index in [1.807, 2.05) is 153 Å². The fourth-order valence-electron chi connectivity index (χ4n) is 21.3. The lowest BCUT2D eigenvalue weighted by atomic mass is 9.86. The van der Waals surface area contributed by atoms with Gasteiger partial charge in [0, 0.05) is 148 Å². The van der Waals surface area contributed by atoms with Crippen molar-refractivity contribution in [1.82, 2.24) is 5.32 Å². The van der Waals surface area contributed by atoms with Crippen LogP contribution in [0.2, 0.25) is 0 Å². The lowest BCUT2D eigenvalue weighted by molar-refractivity contribution is -0.421. The summed E-state index contributed by atoms with van der Waals surface area (Å²) in [5, 5.41) is 3.06. The molecule has 0 spiro atoms. The summed E-state index contributed by atoms with van der Waals surface area (Å²) in [4.78, 5) is 166. The summed E-state index contributed by atoms with van der Waals surface area (Å²) in [5.41, 5.74) is 33.5. The first kappa shape index (κ1) is 111. The third kappa shape index (κ3) is 27.2. The van der Waals surface area contributed by atoms with Gasteiger partial charge >= 0.3 is 36.6 Å². The highest BCUT2D eigenvalue weighted by atomic mass is 32.2. The highest BCUT2D eigenvalue weighted by Crippen LogP contribution is 2.42. The molecule has 13 aliphatic rings. The molecule has 794 valence electrons. The fourth-order valence-corrected chi connectivity index (χ4v) is 27.8. The second kappa shape index (κ2) is 50.4. The molecule has 0 radical (unpaired) electrons. The maximum atomic E-state index is 12.7. The lowest BCUT2D eigenvalue weighted by Gasteiger charge is -2.30. The summed E-state index contributed by atoms with van der Waals surface area (Å²) in [6.07, 6.45) is 5.38. The molecule has 12 heterocycles. The van der Waals surface area contributed by atoms with Crippen molar-refractivity contribution in [2.75, 3.05) is 119 Å². The zero-order valence-electron chi connectivity index (χ0n) is 84.6. The van der Waals surface area contributed by atoms with Crippen LogP contribution in [0.1, 0.15) is 208 Å². The smallest absolute Gasteiger partial charge is 0.420 e. The quantitative estimate of drug-likeness (QED) is 0.0352. The molecule has 0 aromatic heterocycles. The number of amides is 8. The zero-order valence-corrected chi connectivity index (χ0v) is 88.7. The Labute approximate surface area is 868 Å². The number of carbonyl (C=O) groups is 13. The van der Waals surface area contributed by atoms with Crippen LogP contribution in [-0.4, -0.2) is 261 Å². The maximum Gasteiger partial charge on any atom is 0.420 e. The van der Waals surface area contributed by atoms with Crippen LogP contribution in [0.5, 0.6) is 0 Å². The predicted molar refractivity (Wildman–Crippen MR) is 558 cm³/mol. The van der Waals surface area contributed by atoms with Gasteiger partial charge in [0.15, 0.2) is 64.8 Å². The van der Waals surface area contributed by atoms with Crippen molar-refractivity contribution in [3.63, 3.8) is 0 Å². The van der Waals surface area contributed by atoms with Gasteiger partial charge in [-0.2, -0.15) is 0 Å². The summed E-state index contributed by atoms with van der Waals surface area (Å²) in [7, 11) is -3.57. The number of anilines is 7. The molecule has 19 rings (SSSR count). The third-order valence-corrected chi connectivity index (χ3v) is 36.9. The van der Waals surface area contributed by atoms with Gasteiger partial charge in [-0.1, -0.05) is 80.4 Å². The number of nitrogens with one attached hydrogen (secondary N) is 1. The SMILES string of the molecule is CC(=O)C1CN(c2ccc(C3CCS(=O)C([NH3+])C3)cc2)C(=O)O1.CC(=O)C1CN(c2ccc(C3CCS(=O)CC3[NH3+])cc2)C(=O)O1.CC(=O)C1OC(=O)N(c2ccc(C3CCS(=O)CC3)cc2)C1CCN.CC(=O)C1OC(=O)N(c2ccc(C3CCS(=O)CC3)cc2)C1C[NH3+].CC(=O)C1OC(=O)N(c2ccc(C3CCS(=O)CC3)cc2)C1[NH3+].CC(C)N1C(=O)Cc2cc(N3C[C@@H](C(=O)NC4CCCC[C@@H]4C)OC3=O)ccc21. The molecule has 11 saturated heterocycles. The van der Waals surface area contributed by atoms with E-state index in [1.165, 1.54) is 87.8 Å². The van der Waals surface area contributed by atoms with E-state index in [0.717, 1.165) is 157 Å². The van der Waals surface area contributed by atoms with E-state index in [4.69, 9.17) is 34.2 Å². The van der Waals surface area contributed by atoms with E-state index in [9.17, 15) is 83.4 Å². The van der Waals surface area contributed by atoms with Crippen LogP contribution in [0, 0.1) is 5.92 Å². The summed E-state index contributed by atoms with van der Waals surface area (Å²) in [6, 6.07) is 44.0. The van der Waals surface area contributed by atoms with Gasteiger partial charge in [0.2, 0.25) is 18.2 Å². The number of rotatable bonds is 22. The fraction of sp³-hybridized carbons (Fsp3) is 0.533. The molecule has 17 atom stereocenters. The van der Waals surface area contributed by atoms with Crippen molar-refractivity contribution in [3.05, 3.63) is 173 Å². The Balaban J connectivity index is 0.000000140. The minimum Gasteiger partial charge on any atom is -0.436 e. The first-order chi connectivity index (χ1) is 70.2. The molecule has 8 amide bonds. The Morgan fingerprint density at radius 2 is 0.803 bits per heavy atom. The van der Waals surface area contributed by atoms with Crippen molar-refractivity contribution in [1.29, 1.82) is 0 Å². The van der Waals surface area contributed by atoms with Gasteiger partial charge in [-0.3, -0.25) is 79.1 Å². The van der Waals surface area contributed by atoms with Crippen LogP contribution in [-0.2, 0) is 122 Å². The topological polar surface area (TPSA) is 534 Å². The predicted octanol–water partition coefficient (Wildman–Crippen LogP) is 7.82. The number of benzene rings is 6. The average Bonchev–Trinajstić information content (AvgIpc) is 1.63. The number of hydrogen-bond acceptors (Lipinski definition) is 25. The minimum absolute atomic E-state index is 0.0155. The van der Waals surface area contributed by atoms with Gasteiger partial charge in [0.25, 0.3) is 5.91 Å². The van der Waals surface area contributed by atoms with E-state index in [-0.39, 0.29) is 95.9 Å². The summed E-state index contributed by atoms with van der Waals surface area (Å²) >= 11 is 0. The monoisotopic (exact) mass is 2130 g/mol. The Kier molecular flexibility index (Phi) is 38.2. The van der Waals surface area contributed by atoms with E-state index < -0.39 is 133 Å². The first-order valence-corrected chi connectivity index (χ1v) is 58.1. The van der Waals surface area contributed by atoms with Crippen molar-refractivity contribution < 1.29 is 135 Å². The summed E-state index contributed by atoms with van der Waals surface area (Å²) < 4.78 is 88.8. The molecule has 1 saturated carbocycles. The third-order valence-electron chi connectivity index (χ3n) is 29.7. The second-order valence-electron chi connectivity index (χ2n) is 40.0. The highest BCUT2D eigenvalue weighted by Gasteiger charge is 2.50. The average molecular weight is 2130 g/mol. The molecular weight excluding hydrogens is 1990 g/mol. The molecule has 0 bridgehead atoms. The number of cyclic esters (lactones) is 6. The van der Waals surface area contributed by atoms with Crippen LogP contribution in [0.3, 0.4) is 0 Å². The Morgan fingerprint density at radius 3 is 1.22 bits per heavy atom. The molecule has 12 aliphatic heterocycles. The van der Waals surface area contributed by atoms with Gasteiger partial charge in [0.1, 0.15) is 12.1 Å². The van der Waals surface area contributed by atoms with Crippen LogP contribution in [0.15, 0.2) is 140 Å². The number of quaternary nitrogens is 4. The van der Waals surface area contributed by atoms with Crippen LogP contribution < -0.4 is 68.3 Å². The van der Waals surface area contributed by atoms with Gasteiger partial charge in [-0.05, 0) is 267 Å². The van der Waals surface area contributed by atoms with Crippen molar-refractivity contribution in [3.8, 4) is 0 Å². The largest absolute Gasteiger partial charge is 0.436 e. The van der Waals surface area contributed by atoms with E-state index in [1.54, 1.807) is 9.80 Å². The van der Waals surface area contributed by atoms with Crippen LogP contribution >= 0.6 is 0 Å². The van der Waals surface area contributed by atoms with Crippen molar-refractivity contribution in [2.24, 2.45) is 11.7 Å². The summed E-state index contributed by atoms with van der Waals surface area (Å²) in [5.74, 6) is 8.00. The number of ether oxygens (including phenoxy) is 6. The molecule has 42 heteroatoms. The Hall–Kier alpha value is -11.2. The maximum absolute atomic E-state index is 12.7. The van der Waals surface area contributed by atoms with Gasteiger partial charge < -0.3 is 67.3 Å². The standard InChI is InChI=1S/C22H29N3O4.C18H24N2O4S.C17H22N2O4S.3C16H20N2O4S/c1-13(2)25-18-9-8-16(10-15(18)11-20(25)26)24-12-19(29-22(24)28)21(27)23-17-7-5-4-6-14(17)3;1-12(21)17-16(6-9-19)20(18(22)24-17)15-4-2-13(3-5-15)14-7-10-25(23)11-8-14;1-11(20)16-15(10-18)19(17(21)23-16)14-4-2-12(3-5-14)13-6-8-24(22)9-7-13;1-10(19)14-15(17)18(16(20)22-14)13-4-2-11(3-5-13)12-6-8-23(21)9-7-12;1-10(19)14-9-18(16(20)22-14)13-4-2-11(3-5-13)12-6-7-23(21)15(17)8-12;1-10(19)15-8-18(16(20)22-15)12-4-2-11(3-5-12)13-6-7-23(21)9-14(13)17/h8-10,13-14,17,19H,4-7,11-12H2,1-3H3,(H,23,27);2-5,14,16-17H,6-11,19H2,1H3;2-5,13,15-16H,6-10,18H2,1H3;2*2-5,12,14-15H,6-9,17H2,1H3;2-5,13-15H,6-9,17H2,1H3/p+4/t14-,17?,19-;;;;;/m0...../s1. The molecule has 37 nitrogen and oxygen atoms in total. The molecule has 1 aliphatic carbocycles. The molecule has 15 unspecified atom stereocenters. The van der Waals surface area contributed by atoms with Crippen molar-refractivity contribution in [2.45, 2.75) is 260 Å². The normalized spacial score (nSPS) is 29.8. The number of fused-ring (bicyclic) bond motifs is 1. The number of Topliss-reactive ketones (excluding diaryl/α,β-unsaturated/α-hetero) is 5. The number of hydrogen-bond donors (Lipinski definition) is 6. The van der Waals surface area contributed by atoms with Gasteiger partial charge in [0.05, 0.1) is 60.9 Å². The minimum atomic E-state index is -0.812. The Bertz CT molecular complexity index is 5920. The zero-order chi connectivity index (χ0) is 106. The Morgan fingerprint density at radius 1 is 0.422 bits per heavy atom. The molecule has 6 aromatic rings. The molecule has 15 N–H and O–H groups in total. The van der Waals surface area contributed by atoms with Crippen molar-refractivity contribution >= 4 is 171 Å². The first-order valence-electron chi connectivity index (χ1n) is 50.7. The molecule has 147 heavy (non-hydrogen) atoms. The number of ketones is 5. The van der Waals surface area contributed by atoms with Gasteiger partial charge in [-0.25, -0.2) is 33.7 Å². The van der Waals surface area contributed by atoms with E-state index in [2.05, 4.69) is 35.2 Å². The molecule has 6 aromatic carbocycles. The van der Waals surface area contributed by atoms with Crippen LogP contribution in [0.25, 0.3) is 0 Å². The van der Waals surface area contributed by atoms with Gasteiger partial charge in [-0.15, -0.1) is 0 Å². The molecule has 12 fully saturated rings. The summed E-state index contributed by atoms with van der Waals surface area (Å²) in [6.45, 7) is 14.7. The number of carbonyl (C=O) groups excluding carboxylic acids is 13.